The highest BCUT2D eigenvalue weighted by atomic mass is 127. The minimum atomic E-state index is 0. The summed E-state index contributed by atoms with van der Waals surface area (Å²) in [6.45, 7) is 4.39. The number of hydrogen-bond acceptors (Lipinski definition) is 4. The van der Waals surface area contributed by atoms with Crippen molar-refractivity contribution in [3.05, 3.63) is 45.4 Å². The zero-order valence-electron chi connectivity index (χ0n) is 16.1. The second kappa shape index (κ2) is 10.8. The van der Waals surface area contributed by atoms with E-state index in [1.165, 1.54) is 34.8 Å². The number of nitrogens with zero attached hydrogens (tertiary/aromatic N) is 3. The van der Waals surface area contributed by atoms with Gasteiger partial charge in [-0.1, -0.05) is 12.1 Å². The molecule has 0 atom stereocenters. The summed E-state index contributed by atoms with van der Waals surface area (Å²) in [4.78, 5) is 13.2. The van der Waals surface area contributed by atoms with Crippen LogP contribution in [0.15, 0.2) is 29.3 Å². The van der Waals surface area contributed by atoms with Gasteiger partial charge in [0.15, 0.2) is 5.96 Å². The maximum absolute atomic E-state index is 9.57. The number of aryl methyl sites for hydroxylation is 2. The van der Waals surface area contributed by atoms with Crippen molar-refractivity contribution in [3.63, 3.8) is 0 Å². The van der Waals surface area contributed by atoms with Crippen molar-refractivity contribution >= 4 is 41.3 Å². The minimum absolute atomic E-state index is 0. The van der Waals surface area contributed by atoms with Crippen LogP contribution in [-0.4, -0.2) is 41.1 Å². The molecule has 27 heavy (non-hydrogen) atoms. The van der Waals surface area contributed by atoms with E-state index in [0.717, 1.165) is 37.5 Å². The van der Waals surface area contributed by atoms with E-state index in [1.807, 2.05) is 23.5 Å². The Morgan fingerprint density at radius 3 is 2.89 bits per heavy atom. The molecule has 0 bridgehead atoms. The number of phenols is 1. The first kappa shape index (κ1) is 21.9. The Morgan fingerprint density at radius 2 is 2.15 bits per heavy atom. The molecular formula is C20H29IN4OS. The summed E-state index contributed by atoms with van der Waals surface area (Å²) in [6.07, 6.45) is 5.69. The van der Waals surface area contributed by atoms with E-state index in [4.69, 9.17) is 9.98 Å². The van der Waals surface area contributed by atoms with Crippen LogP contribution in [0.2, 0.25) is 0 Å². The number of benzene rings is 1. The number of halogens is 1. The second-order valence-corrected chi connectivity index (χ2v) is 7.86. The summed E-state index contributed by atoms with van der Waals surface area (Å²) in [7, 11) is 2.07. The van der Waals surface area contributed by atoms with E-state index in [-0.39, 0.29) is 24.0 Å². The molecule has 0 saturated carbocycles. The van der Waals surface area contributed by atoms with Crippen LogP contribution < -0.4 is 5.32 Å². The van der Waals surface area contributed by atoms with Crippen LogP contribution >= 0.6 is 35.3 Å². The summed E-state index contributed by atoms with van der Waals surface area (Å²) in [5, 5.41) is 14.1. The monoisotopic (exact) mass is 500 g/mol. The predicted octanol–water partition coefficient (Wildman–Crippen LogP) is 3.99. The average Bonchev–Trinajstić information content (AvgIpc) is 3.03. The molecule has 0 unspecified atom stereocenters. The van der Waals surface area contributed by atoms with E-state index < -0.39 is 0 Å². The van der Waals surface area contributed by atoms with Crippen molar-refractivity contribution in [2.45, 2.75) is 45.6 Å². The first-order valence-corrected chi connectivity index (χ1v) is 10.2. The fourth-order valence-electron chi connectivity index (χ4n) is 3.22. The number of nitrogens with one attached hydrogen (secondary N) is 1. The maximum Gasteiger partial charge on any atom is 0.194 e. The fraction of sp³-hybridized carbons (Fsp3) is 0.500. The van der Waals surface area contributed by atoms with Crippen LogP contribution in [0.1, 0.15) is 40.9 Å². The number of hydrogen-bond donors (Lipinski definition) is 2. The molecule has 1 aromatic carbocycles. The Balaban J connectivity index is 0.00000261. The van der Waals surface area contributed by atoms with Crippen molar-refractivity contribution in [3.8, 4) is 5.75 Å². The minimum Gasteiger partial charge on any atom is -0.508 e. The number of guanidine groups is 1. The molecule has 0 aliphatic heterocycles. The van der Waals surface area contributed by atoms with Gasteiger partial charge < -0.3 is 15.3 Å². The molecule has 0 spiro atoms. The lowest BCUT2D eigenvalue weighted by Crippen LogP contribution is -2.38. The number of phenolic OH excluding ortho intramolecular Hbond substituents is 1. The molecule has 1 aliphatic carbocycles. The molecule has 1 aliphatic rings. The molecule has 2 aromatic rings. The van der Waals surface area contributed by atoms with Gasteiger partial charge in [0.25, 0.3) is 0 Å². The van der Waals surface area contributed by atoms with Crippen molar-refractivity contribution in [2.75, 3.05) is 20.1 Å². The van der Waals surface area contributed by atoms with Crippen LogP contribution in [0.4, 0.5) is 0 Å². The van der Waals surface area contributed by atoms with Crippen LogP contribution in [0, 0.1) is 0 Å². The predicted molar refractivity (Wildman–Crippen MR) is 123 cm³/mol. The Bertz CT molecular complexity index is 739. The molecule has 148 valence electrons. The molecule has 5 nitrogen and oxygen atoms in total. The smallest absolute Gasteiger partial charge is 0.194 e. The van der Waals surface area contributed by atoms with Gasteiger partial charge in [0, 0.05) is 25.0 Å². The standard InChI is InChI=1S/C20H28N4OS.HI/c1-3-21-20(22-12-11-15-7-6-8-16(25)13-15)24(2)14-19-23-17-9-4-5-10-18(17)26-19;/h6-8,13,25H,3-5,9-12,14H2,1-2H3,(H,21,22);1H. The lowest BCUT2D eigenvalue weighted by molar-refractivity contribution is 0.473. The Kier molecular flexibility index (Phi) is 8.82. The third-order valence-electron chi connectivity index (χ3n) is 4.53. The number of aromatic hydroxyl groups is 1. The topological polar surface area (TPSA) is 60.8 Å². The summed E-state index contributed by atoms with van der Waals surface area (Å²) in [5.41, 5.74) is 2.41. The Hall–Kier alpha value is -1.35. The zero-order chi connectivity index (χ0) is 18.4. The van der Waals surface area contributed by atoms with Crippen molar-refractivity contribution in [2.24, 2.45) is 4.99 Å². The second-order valence-electron chi connectivity index (χ2n) is 6.70. The lowest BCUT2D eigenvalue weighted by Gasteiger charge is -2.21. The molecule has 2 N–H and O–H groups in total. The Labute approximate surface area is 183 Å². The van der Waals surface area contributed by atoms with Crippen molar-refractivity contribution in [1.82, 2.24) is 15.2 Å². The third-order valence-corrected chi connectivity index (χ3v) is 5.67. The van der Waals surface area contributed by atoms with Gasteiger partial charge >= 0.3 is 0 Å². The first-order chi connectivity index (χ1) is 12.7. The SMILES string of the molecule is CCNC(=NCCc1cccc(O)c1)N(C)Cc1nc2c(s1)CCCC2.I. The summed E-state index contributed by atoms with van der Waals surface area (Å²) in [5.74, 6) is 1.21. The van der Waals surface area contributed by atoms with E-state index >= 15 is 0 Å². The highest BCUT2D eigenvalue weighted by Crippen LogP contribution is 2.27. The van der Waals surface area contributed by atoms with E-state index in [9.17, 15) is 5.11 Å². The van der Waals surface area contributed by atoms with Gasteiger partial charge in [-0.25, -0.2) is 4.98 Å². The highest BCUT2D eigenvalue weighted by molar-refractivity contribution is 14.0. The molecule has 7 heteroatoms. The van der Waals surface area contributed by atoms with Gasteiger partial charge in [0.1, 0.15) is 10.8 Å². The first-order valence-electron chi connectivity index (χ1n) is 9.40. The molecule has 3 rings (SSSR count). The molecule has 0 fully saturated rings. The normalized spacial score (nSPS) is 13.6. The average molecular weight is 500 g/mol. The van der Waals surface area contributed by atoms with Gasteiger partial charge in [-0.3, -0.25) is 4.99 Å². The Morgan fingerprint density at radius 1 is 1.33 bits per heavy atom. The van der Waals surface area contributed by atoms with Crippen LogP contribution in [0.3, 0.4) is 0 Å². The van der Waals surface area contributed by atoms with Crippen LogP contribution in [0.5, 0.6) is 5.75 Å². The van der Waals surface area contributed by atoms with Gasteiger partial charge in [-0.15, -0.1) is 35.3 Å². The maximum atomic E-state index is 9.57. The molecule has 0 saturated heterocycles. The van der Waals surface area contributed by atoms with Gasteiger partial charge in [-0.05, 0) is 56.7 Å². The summed E-state index contributed by atoms with van der Waals surface area (Å²) >= 11 is 1.86. The largest absolute Gasteiger partial charge is 0.508 e. The molecule has 0 radical (unpaired) electrons. The van der Waals surface area contributed by atoms with Gasteiger partial charge in [0.2, 0.25) is 0 Å². The van der Waals surface area contributed by atoms with E-state index in [0.29, 0.717) is 12.3 Å². The van der Waals surface area contributed by atoms with E-state index in [2.05, 4.69) is 24.2 Å². The molecule has 0 amide bonds. The fourth-order valence-corrected chi connectivity index (χ4v) is 4.43. The number of rotatable bonds is 6. The summed E-state index contributed by atoms with van der Waals surface area (Å²) < 4.78 is 0. The number of aromatic nitrogens is 1. The third kappa shape index (κ3) is 6.34. The molecule has 1 aromatic heterocycles. The molecule has 1 heterocycles. The quantitative estimate of drug-likeness (QED) is 0.358. The summed E-state index contributed by atoms with van der Waals surface area (Å²) in [6, 6.07) is 7.38. The highest BCUT2D eigenvalue weighted by Gasteiger charge is 2.16. The molecular weight excluding hydrogens is 471 g/mol. The van der Waals surface area contributed by atoms with Crippen LogP contribution in [0.25, 0.3) is 0 Å². The van der Waals surface area contributed by atoms with Gasteiger partial charge in [-0.2, -0.15) is 0 Å². The number of aliphatic imine (C=N–C) groups is 1. The van der Waals surface area contributed by atoms with Crippen molar-refractivity contribution in [1.29, 1.82) is 0 Å². The van der Waals surface area contributed by atoms with Gasteiger partial charge in [0.05, 0.1) is 12.2 Å². The lowest BCUT2D eigenvalue weighted by atomic mass is 10.0. The zero-order valence-corrected chi connectivity index (χ0v) is 19.2. The van der Waals surface area contributed by atoms with Crippen LogP contribution in [-0.2, 0) is 25.8 Å². The number of thiazole rings is 1. The van der Waals surface area contributed by atoms with E-state index in [1.54, 1.807) is 12.1 Å². The number of fused-ring (bicyclic) bond motifs is 1. The van der Waals surface area contributed by atoms with Crippen molar-refractivity contribution < 1.29 is 5.11 Å².